The molecule has 0 aliphatic carbocycles. The van der Waals surface area contributed by atoms with Crippen molar-refractivity contribution in [2.24, 2.45) is 0 Å². The largest absolute Gasteiger partial charge is 0.460 e. The fraction of sp³-hybridized carbons (Fsp3) is 0.286. The van der Waals surface area contributed by atoms with Crippen molar-refractivity contribution in [2.45, 2.75) is 37.2 Å². The Labute approximate surface area is 187 Å². The molecule has 33 heavy (non-hydrogen) atoms. The normalized spacial score (nSPS) is 15.9. The third kappa shape index (κ3) is 4.67. The Kier molecular flexibility index (Phi) is 5.83. The third-order valence-electron chi connectivity index (χ3n) is 5.17. The number of aromatic nitrogens is 2. The van der Waals surface area contributed by atoms with E-state index < -0.39 is 27.6 Å². The van der Waals surface area contributed by atoms with E-state index in [0.717, 1.165) is 18.2 Å². The maximum atomic E-state index is 15.1. The van der Waals surface area contributed by atoms with Crippen LogP contribution >= 0.6 is 0 Å². The van der Waals surface area contributed by atoms with Crippen LogP contribution < -0.4 is 14.8 Å². The van der Waals surface area contributed by atoms with Gasteiger partial charge in [-0.05, 0) is 43.8 Å². The number of halogens is 4. The molecular formula is C21H20F4N4O3S. The van der Waals surface area contributed by atoms with Crippen molar-refractivity contribution in [3.05, 3.63) is 59.5 Å². The Hall–Kier alpha value is -3.12. The second-order valence-electron chi connectivity index (χ2n) is 7.57. The maximum Gasteiger partial charge on any atom is 0.416 e. The molecule has 2 N–H and O–H groups in total. The Balaban J connectivity index is 1.70. The topological polar surface area (TPSA) is 85.3 Å². The molecule has 2 heterocycles. The molecular weight excluding hydrogens is 464 g/mol. The summed E-state index contributed by atoms with van der Waals surface area (Å²) in [5, 5.41) is 2.86. The van der Waals surface area contributed by atoms with Gasteiger partial charge in [0.25, 0.3) is 6.01 Å². The molecule has 176 valence electrons. The molecule has 7 nitrogen and oxygen atoms in total. The van der Waals surface area contributed by atoms with Crippen LogP contribution in [0.25, 0.3) is 11.3 Å². The fourth-order valence-corrected chi connectivity index (χ4v) is 4.25. The van der Waals surface area contributed by atoms with Gasteiger partial charge in [-0.3, -0.25) is 4.57 Å². The zero-order valence-corrected chi connectivity index (χ0v) is 18.4. The van der Waals surface area contributed by atoms with Crippen molar-refractivity contribution in [2.75, 3.05) is 12.4 Å². The van der Waals surface area contributed by atoms with Crippen molar-refractivity contribution >= 4 is 15.7 Å². The van der Waals surface area contributed by atoms with Crippen LogP contribution in [0, 0.1) is 5.82 Å². The fourth-order valence-electron chi connectivity index (χ4n) is 3.49. The number of benzene rings is 2. The lowest BCUT2D eigenvalue weighted by molar-refractivity contribution is -0.137. The quantitative estimate of drug-likeness (QED) is 0.517. The molecule has 1 aromatic heterocycles. The number of ether oxygens (including phenoxy) is 1. The monoisotopic (exact) mass is 484 g/mol. The molecule has 2 aromatic carbocycles. The van der Waals surface area contributed by atoms with E-state index in [1.807, 2.05) is 6.92 Å². The van der Waals surface area contributed by atoms with E-state index in [9.17, 15) is 21.6 Å². The van der Waals surface area contributed by atoms with Gasteiger partial charge in [0.2, 0.25) is 10.0 Å². The number of hydrogen-bond donors (Lipinski definition) is 2. The number of sulfonamides is 1. The van der Waals surface area contributed by atoms with Crippen LogP contribution in [0.15, 0.2) is 47.5 Å². The first-order valence-electron chi connectivity index (χ1n) is 9.89. The van der Waals surface area contributed by atoms with E-state index in [1.165, 1.54) is 25.2 Å². The number of hydrogen-bond acceptors (Lipinski definition) is 5. The van der Waals surface area contributed by atoms with Gasteiger partial charge >= 0.3 is 6.18 Å². The molecule has 4 rings (SSSR count). The molecule has 0 amide bonds. The van der Waals surface area contributed by atoms with Crippen LogP contribution in [-0.4, -0.2) is 31.1 Å². The summed E-state index contributed by atoms with van der Waals surface area (Å²) in [5.41, 5.74) is 0.119. The lowest BCUT2D eigenvalue weighted by Crippen LogP contribution is -2.19. The zero-order chi connectivity index (χ0) is 24.0. The van der Waals surface area contributed by atoms with Gasteiger partial charge in [0, 0.05) is 18.3 Å². The number of fused-ring (bicyclic) bond motifs is 1. The summed E-state index contributed by atoms with van der Waals surface area (Å²) in [6.07, 6.45) is -2.90. The van der Waals surface area contributed by atoms with Crippen LogP contribution in [0.2, 0.25) is 0 Å². The summed E-state index contributed by atoms with van der Waals surface area (Å²) in [7, 11) is -2.74. The Bertz CT molecular complexity index is 1260. The summed E-state index contributed by atoms with van der Waals surface area (Å²) < 4.78 is 87.5. The highest BCUT2D eigenvalue weighted by molar-refractivity contribution is 7.89. The van der Waals surface area contributed by atoms with E-state index in [4.69, 9.17) is 4.74 Å². The second kappa shape index (κ2) is 8.34. The minimum absolute atomic E-state index is 0.00127. The minimum Gasteiger partial charge on any atom is -0.460 e. The lowest BCUT2D eigenvalue weighted by Gasteiger charge is -2.15. The van der Waals surface area contributed by atoms with Crippen molar-refractivity contribution in [1.29, 1.82) is 0 Å². The van der Waals surface area contributed by atoms with Gasteiger partial charge in [0.1, 0.15) is 11.9 Å². The average molecular weight is 484 g/mol. The average Bonchev–Trinajstić information content (AvgIpc) is 3.29. The van der Waals surface area contributed by atoms with Gasteiger partial charge < -0.3 is 10.1 Å². The van der Waals surface area contributed by atoms with Crippen molar-refractivity contribution in [1.82, 2.24) is 14.3 Å². The molecule has 0 saturated carbocycles. The van der Waals surface area contributed by atoms with Gasteiger partial charge in [-0.15, -0.1) is 0 Å². The van der Waals surface area contributed by atoms with Crippen LogP contribution in [0.1, 0.15) is 18.1 Å². The first kappa shape index (κ1) is 23.1. The molecule has 0 bridgehead atoms. The minimum atomic E-state index is -4.46. The number of imidazole rings is 1. The van der Waals surface area contributed by atoms with Gasteiger partial charge in [0.15, 0.2) is 0 Å². The van der Waals surface area contributed by atoms with Gasteiger partial charge in [-0.25, -0.2) is 17.5 Å². The molecule has 0 saturated heterocycles. The first-order valence-corrected chi connectivity index (χ1v) is 11.4. The van der Waals surface area contributed by atoms with Crippen molar-refractivity contribution < 1.29 is 30.7 Å². The number of rotatable bonds is 6. The predicted octanol–water partition coefficient (Wildman–Crippen LogP) is 4.01. The van der Waals surface area contributed by atoms with Crippen molar-refractivity contribution in [3.63, 3.8) is 0 Å². The van der Waals surface area contributed by atoms with Gasteiger partial charge in [-0.1, -0.05) is 12.1 Å². The molecule has 1 aliphatic heterocycles. The Morgan fingerprint density at radius 2 is 1.91 bits per heavy atom. The summed E-state index contributed by atoms with van der Waals surface area (Å²) in [6.45, 7) is 2.40. The van der Waals surface area contributed by atoms with E-state index in [2.05, 4.69) is 15.0 Å². The van der Waals surface area contributed by atoms with Crippen LogP contribution in [0.3, 0.4) is 0 Å². The van der Waals surface area contributed by atoms with E-state index in [1.54, 1.807) is 10.8 Å². The summed E-state index contributed by atoms with van der Waals surface area (Å²) in [6, 6.07) is 6.93. The summed E-state index contributed by atoms with van der Waals surface area (Å²) in [5.74, 6) is -0.851. The Morgan fingerprint density at radius 3 is 2.52 bits per heavy atom. The smallest absolute Gasteiger partial charge is 0.416 e. The highest BCUT2D eigenvalue weighted by Crippen LogP contribution is 2.36. The zero-order valence-electron chi connectivity index (χ0n) is 17.6. The van der Waals surface area contributed by atoms with Crippen molar-refractivity contribution in [3.8, 4) is 17.3 Å². The number of nitrogens with zero attached hydrogens (tertiary/aromatic N) is 2. The highest BCUT2D eigenvalue weighted by atomic mass is 32.2. The molecule has 0 spiro atoms. The summed E-state index contributed by atoms with van der Waals surface area (Å²) >= 11 is 0. The second-order valence-corrected chi connectivity index (χ2v) is 9.46. The molecule has 3 aromatic rings. The summed E-state index contributed by atoms with van der Waals surface area (Å²) in [4.78, 5) is 4.06. The first-order chi connectivity index (χ1) is 15.5. The van der Waals surface area contributed by atoms with E-state index in [0.29, 0.717) is 23.8 Å². The van der Waals surface area contributed by atoms with E-state index in [-0.39, 0.29) is 28.8 Å². The third-order valence-corrected chi connectivity index (χ3v) is 6.56. The predicted molar refractivity (Wildman–Crippen MR) is 113 cm³/mol. The molecule has 1 atom stereocenters. The lowest BCUT2D eigenvalue weighted by atomic mass is 10.1. The van der Waals surface area contributed by atoms with Crippen LogP contribution in [0.5, 0.6) is 6.01 Å². The van der Waals surface area contributed by atoms with Crippen LogP contribution in [-0.2, 0) is 29.3 Å². The standard InChI is InChI=1S/C21H20F4N4O3S/c1-12-10-29-11-18(28-20(29)32-12)16-7-15(33(30,31)26-2)8-17(22)19(16)27-9-13-3-5-14(6-4-13)21(23,24)25/h3-8,11-12,26-27H,9-10H2,1-2H3/t12-/m1/s1. The SMILES string of the molecule is CNS(=O)(=O)c1cc(F)c(NCc2ccc(C(F)(F)F)cc2)c(-c2cn3c(n2)O[C@H](C)C3)c1. The molecule has 1 aliphatic rings. The van der Waals surface area contributed by atoms with Gasteiger partial charge in [-0.2, -0.15) is 18.2 Å². The molecule has 0 unspecified atom stereocenters. The highest BCUT2D eigenvalue weighted by Gasteiger charge is 2.30. The Morgan fingerprint density at radius 1 is 1.21 bits per heavy atom. The van der Waals surface area contributed by atoms with Crippen LogP contribution in [0.4, 0.5) is 23.2 Å². The molecule has 12 heteroatoms. The number of nitrogens with one attached hydrogen (secondary N) is 2. The molecule has 0 radical (unpaired) electrons. The number of alkyl halides is 3. The van der Waals surface area contributed by atoms with Gasteiger partial charge in [0.05, 0.1) is 28.4 Å². The maximum absolute atomic E-state index is 15.1. The molecule has 0 fully saturated rings. The number of anilines is 1. The van der Waals surface area contributed by atoms with E-state index >= 15 is 4.39 Å².